The molecule has 1 aliphatic carbocycles. The molecular weight excluding hydrogens is 160 g/mol. The largest absolute Gasteiger partial charge is 0.245 e. The van der Waals surface area contributed by atoms with Crippen molar-refractivity contribution in [1.29, 1.82) is 0 Å². The molecule has 0 spiro atoms. The highest BCUT2D eigenvalue weighted by molar-refractivity contribution is 5.23. The van der Waals surface area contributed by atoms with Crippen LogP contribution in [0.3, 0.4) is 0 Å². The monoisotopic (exact) mass is 176 g/mol. The Hall–Kier alpha value is -0.920. The van der Waals surface area contributed by atoms with Crippen LogP contribution in [0.25, 0.3) is 0 Å². The van der Waals surface area contributed by atoms with E-state index >= 15 is 0 Å². The highest BCUT2D eigenvalue weighted by Crippen LogP contribution is 2.34. The molecule has 0 saturated heterocycles. The summed E-state index contributed by atoms with van der Waals surface area (Å²) in [5.41, 5.74) is 2.67. The number of rotatable bonds is 1. The maximum absolute atomic E-state index is 4.41. The van der Waals surface area contributed by atoms with Gasteiger partial charge in [-0.3, -0.25) is 0 Å². The molecule has 0 aliphatic heterocycles. The lowest BCUT2D eigenvalue weighted by Gasteiger charge is -2.26. The van der Waals surface area contributed by atoms with Crippen LogP contribution in [0.4, 0.5) is 0 Å². The van der Waals surface area contributed by atoms with Crippen molar-refractivity contribution in [3.63, 3.8) is 0 Å². The SMILES string of the molecule is CC(C)C1CCCc2cncnc21. The third-order valence-corrected chi connectivity index (χ3v) is 2.94. The summed E-state index contributed by atoms with van der Waals surface area (Å²) in [5, 5.41) is 0. The molecule has 0 fully saturated rings. The minimum Gasteiger partial charge on any atom is -0.245 e. The van der Waals surface area contributed by atoms with E-state index in [0.717, 1.165) is 0 Å². The van der Waals surface area contributed by atoms with Crippen molar-refractivity contribution < 1.29 is 0 Å². The molecule has 1 aliphatic rings. The zero-order valence-corrected chi connectivity index (χ0v) is 8.33. The van der Waals surface area contributed by atoms with Gasteiger partial charge in [0, 0.05) is 12.1 Å². The molecule has 1 unspecified atom stereocenters. The average molecular weight is 176 g/mol. The molecule has 0 amide bonds. The Kier molecular flexibility index (Phi) is 2.30. The van der Waals surface area contributed by atoms with Crippen molar-refractivity contribution in [2.75, 3.05) is 0 Å². The molecule has 0 aromatic carbocycles. The summed E-state index contributed by atoms with van der Waals surface area (Å²) in [4.78, 5) is 8.49. The first-order valence-electron chi connectivity index (χ1n) is 5.08. The molecule has 2 nitrogen and oxygen atoms in total. The molecule has 70 valence electrons. The third-order valence-electron chi connectivity index (χ3n) is 2.94. The summed E-state index contributed by atoms with van der Waals surface area (Å²) >= 11 is 0. The number of fused-ring (bicyclic) bond motifs is 1. The molecule has 1 heterocycles. The fourth-order valence-electron chi connectivity index (χ4n) is 2.19. The van der Waals surface area contributed by atoms with Crippen LogP contribution in [-0.4, -0.2) is 9.97 Å². The lowest BCUT2D eigenvalue weighted by Crippen LogP contribution is -2.16. The molecule has 0 bridgehead atoms. The quantitative estimate of drug-likeness (QED) is 0.657. The van der Waals surface area contributed by atoms with Gasteiger partial charge in [0.25, 0.3) is 0 Å². The van der Waals surface area contributed by atoms with E-state index in [1.165, 1.54) is 30.5 Å². The fourth-order valence-corrected chi connectivity index (χ4v) is 2.19. The predicted octanol–water partition coefficient (Wildman–Crippen LogP) is 2.55. The smallest absolute Gasteiger partial charge is 0.115 e. The Morgan fingerprint density at radius 1 is 1.46 bits per heavy atom. The van der Waals surface area contributed by atoms with Gasteiger partial charge in [-0.15, -0.1) is 0 Å². The molecule has 0 saturated carbocycles. The van der Waals surface area contributed by atoms with Gasteiger partial charge in [0.05, 0.1) is 5.69 Å². The molecule has 2 rings (SSSR count). The standard InChI is InChI=1S/C11H16N2/c1-8(2)10-5-3-4-9-6-12-7-13-11(9)10/h6-8,10H,3-5H2,1-2H3. The van der Waals surface area contributed by atoms with Crippen molar-refractivity contribution in [2.45, 2.75) is 39.0 Å². The first kappa shape index (κ1) is 8.67. The van der Waals surface area contributed by atoms with Crippen molar-refractivity contribution >= 4 is 0 Å². The molecule has 13 heavy (non-hydrogen) atoms. The van der Waals surface area contributed by atoms with Crippen LogP contribution >= 0.6 is 0 Å². The Labute approximate surface area is 79.4 Å². The van der Waals surface area contributed by atoms with Crippen LogP contribution < -0.4 is 0 Å². The van der Waals surface area contributed by atoms with Crippen LogP contribution in [0.1, 0.15) is 43.9 Å². The molecule has 1 aromatic rings. The van der Waals surface area contributed by atoms with Gasteiger partial charge >= 0.3 is 0 Å². The first-order chi connectivity index (χ1) is 6.29. The van der Waals surface area contributed by atoms with Gasteiger partial charge in [-0.2, -0.15) is 0 Å². The van der Waals surface area contributed by atoms with E-state index in [1.807, 2.05) is 6.20 Å². The molecule has 2 heteroatoms. The second-order valence-electron chi connectivity index (χ2n) is 4.18. The van der Waals surface area contributed by atoms with Crippen molar-refractivity contribution in [2.24, 2.45) is 5.92 Å². The van der Waals surface area contributed by atoms with E-state index < -0.39 is 0 Å². The van der Waals surface area contributed by atoms with Gasteiger partial charge in [0.15, 0.2) is 0 Å². The summed E-state index contributed by atoms with van der Waals surface area (Å²) in [6.45, 7) is 4.56. The Morgan fingerprint density at radius 3 is 3.08 bits per heavy atom. The van der Waals surface area contributed by atoms with E-state index in [1.54, 1.807) is 6.33 Å². The number of hydrogen-bond acceptors (Lipinski definition) is 2. The van der Waals surface area contributed by atoms with Crippen LogP contribution in [-0.2, 0) is 6.42 Å². The van der Waals surface area contributed by atoms with E-state index in [2.05, 4.69) is 23.8 Å². The van der Waals surface area contributed by atoms with Gasteiger partial charge < -0.3 is 0 Å². The normalized spacial score (nSPS) is 21.6. The summed E-state index contributed by atoms with van der Waals surface area (Å²) in [6.07, 6.45) is 7.42. The van der Waals surface area contributed by atoms with Crippen molar-refractivity contribution in [3.8, 4) is 0 Å². The van der Waals surface area contributed by atoms with Crippen molar-refractivity contribution in [1.82, 2.24) is 9.97 Å². The fraction of sp³-hybridized carbons (Fsp3) is 0.636. The topological polar surface area (TPSA) is 25.8 Å². The first-order valence-corrected chi connectivity index (χ1v) is 5.08. The van der Waals surface area contributed by atoms with E-state index in [-0.39, 0.29) is 0 Å². The van der Waals surface area contributed by atoms with Crippen LogP contribution in [0, 0.1) is 5.92 Å². The minimum atomic E-state index is 0.659. The highest BCUT2D eigenvalue weighted by Gasteiger charge is 2.23. The maximum atomic E-state index is 4.41. The Bertz CT molecular complexity index is 294. The van der Waals surface area contributed by atoms with Gasteiger partial charge in [-0.1, -0.05) is 13.8 Å². The number of hydrogen-bond donors (Lipinski definition) is 0. The van der Waals surface area contributed by atoms with Gasteiger partial charge in [0.1, 0.15) is 6.33 Å². The lowest BCUT2D eigenvalue weighted by atomic mass is 9.81. The molecule has 0 N–H and O–H groups in total. The van der Waals surface area contributed by atoms with Gasteiger partial charge in [0.2, 0.25) is 0 Å². The summed E-state index contributed by atoms with van der Waals surface area (Å²) in [5.74, 6) is 1.36. The Morgan fingerprint density at radius 2 is 2.31 bits per heavy atom. The lowest BCUT2D eigenvalue weighted by molar-refractivity contribution is 0.422. The second-order valence-corrected chi connectivity index (χ2v) is 4.18. The van der Waals surface area contributed by atoms with E-state index in [9.17, 15) is 0 Å². The summed E-state index contributed by atoms with van der Waals surface area (Å²) in [6, 6.07) is 0. The maximum Gasteiger partial charge on any atom is 0.115 e. The second kappa shape index (κ2) is 3.44. The Balaban J connectivity index is 2.37. The highest BCUT2D eigenvalue weighted by atomic mass is 14.8. The molecule has 1 atom stereocenters. The van der Waals surface area contributed by atoms with Crippen LogP contribution in [0.5, 0.6) is 0 Å². The predicted molar refractivity (Wildman–Crippen MR) is 52.5 cm³/mol. The average Bonchev–Trinajstić information content (AvgIpc) is 2.17. The number of nitrogens with zero attached hydrogens (tertiary/aromatic N) is 2. The number of aromatic nitrogens is 2. The van der Waals surface area contributed by atoms with Crippen LogP contribution in [0.15, 0.2) is 12.5 Å². The van der Waals surface area contributed by atoms with Crippen LogP contribution in [0.2, 0.25) is 0 Å². The summed E-state index contributed by atoms with van der Waals surface area (Å²) in [7, 11) is 0. The molecule has 1 aromatic heterocycles. The van der Waals surface area contributed by atoms with E-state index in [0.29, 0.717) is 11.8 Å². The minimum absolute atomic E-state index is 0.659. The zero-order chi connectivity index (χ0) is 9.26. The molecular formula is C11H16N2. The summed E-state index contributed by atoms with van der Waals surface area (Å²) < 4.78 is 0. The molecule has 0 radical (unpaired) electrons. The van der Waals surface area contributed by atoms with Crippen molar-refractivity contribution in [3.05, 3.63) is 23.8 Å². The third kappa shape index (κ3) is 1.58. The van der Waals surface area contributed by atoms with Gasteiger partial charge in [-0.05, 0) is 30.7 Å². The number of aryl methyl sites for hydroxylation is 1. The zero-order valence-electron chi connectivity index (χ0n) is 8.33. The van der Waals surface area contributed by atoms with E-state index in [4.69, 9.17) is 0 Å². The van der Waals surface area contributed by atoms with Gasteiger partial charge in [-0.25, -0.2) is 9.97 Å².